The predicted molar refractivity (Wildman–Crippen MR) is 257 cm³/mol. The lowest BCUT2D eigenvalue weighted by Gasteiger charge is -2.30. The Hall–Kier alpha value is -2.17. The van der Waals surface area contributed by atoms with E-state index in [0.717, 1.165) is 129 Å². The molecule has 0 aromatic heterocycles. The van der Waals surface area contributed by atoms with E-state index in [9.17, 15) is 19.5 Å². The van der Waals surface area contributed by atoms with Gasteiger partial charge in [-0.05, 0) is 83.8 Å². The molecule has 1 aliphatic carbocycles. The molecule has 10 heteroatoms. The molecule has 0 aromatic rings. The average Bonchev–Trinajstić information content (AvgIpc) is 3.27. The van der Waals surface area contributed by atoms with Crippen LogP contribution in [0.2, 0.25) is 0 Å². The average molecular weight is 878 g/mol. The largest absolute Gasteiger partial charge is 0.466 e. The predicted octanol–water partition coefficient (Wildman–Crippen LogP) is 12.0. The molecule has 1 rings (SSSR count). The van der Waals surface area contributed by atoms with Crippen LogP contribution in [0.1, 0.15) is 239 Å². The van der Waals surface area contributed by atoms with E-state index >= 15 is 0 Å². The summed E-state index contributed by atoms with van der Waals surface area (Å²) in [5.74, 6) is -0.302. The highest BCUT2D eigenvalue weighted by Crippen LogP contribution is 2.21. The van der Waals surface area contributed by atoms with Gasteiger partial charge in [0.15, 0.2) is 6.10 Å². The monoisotopic (exact) mass is 878 g/mol. The first-order valence-electron chi connectivity index (χ1n) is 26.4. The highest BCUT2D eigenvalue weighted by atomic mass is 16.5. The van der Waals surface area contributed by atoms with Gasteiger partial charge in [-0.3, -0.25) is 14.4 Å². The second kappa shape index (κ2) is 42.8. The van der Waals surface area contributed by atoms with Gasteiger partial charge >= 0.3 is 11.9 Å². The molecule has 1 atom stereocenters. The summed E-state index contributed by atoms with van der Waals surface area (Å²) in [7, 11) is 1.63. The fraction of sp³-hybridized carbons (Fsp3) is 0.904. The zero-order valence-corrected chi connectivity index (χ0v) is 41.0. The van der Waals surface area contributed by atoms with Crippen LogP contribution in [0.25, 0.3) is 0 Å². The Morgan fingerprint density at radius 2 is 1.00 bits per heavy atom. The van der Waals surface area contributed by atoms with Crippen molar-refractivity contribution in [2.75, 3.05) is 53.0 Å². The number of unbranched alkanes of at least 4 members (excludes halogenated alkanes) is 24. The standard InChI is InChI=1S/C52H99N3O7/c1-5-8-11-14-17-26-33-44-61-47(56)37-29-22-18-24-31-41-55(43-34-39-53-49-50(52(59)51(49)58)54-40-45-60-4)42-32-25-19-23-30-38-48(57)62-46(35-27-20-15-12-9-6-2)36-28-21-16-13-10-7-3/h46,52-54,59H,5-45H2,1-4H3. The summed E-state index contributed by atoms with van der Waals surface area (Å²) < 4.78 is 16.6. The van der Waals surface area contributed by atoms with Crippen LogP contribution in [0, 0.1) is 0 Å². The van der Waals surface area contributed by atoms with Gasteiger partial charge in [0.2, 0.25) is 5.78 Å². The third-order valence-electron chi connectivity index (χ3n) is 12.4. The molecular formula is C52H99N3O7. The Morgan fingerprint density at radius 1 is 0.548 bits per heavy atom. The van der Waals surface area contributed by atoms with Gasteiger partial charge < -0.3 is 34.9 Å². The number of rotatable bonds is 48. The maximum absolute atomic E-state index is 12.9. The lowest BCUT2D eigenvalue weighted by molar-refractivity contribution is -0.150. The zero-order valence-electron chi connectivity index (χ0n) is 41.0. The van der Waals surface area contributed by atoms with E-state index in [2.05, 4.69) is 36.3 Å². The summed E-state index contributed by atoms with van der Waals surface area (Å²) in [4.78, 5) is 39.9. The van der Waals surface area contributed by atoms with Crippen molar-refractivity contribution in [2.45, 2.75) is 251 Å². The number of carbonyl (C=O) groups excluding carboxylic acids is 3. The van der Waals surface area contributed by atoms with Gasteiger partial charge in [0.1, 0.15) is 11.8 Å². The van der Waals surface area contributed by atoms with Crippen molar-refractivity contribution in [3.63, 3.8) is 0 Å². The third kappa shape index (κ3) is 32.5. The number of aliphatic hydroxyl groups excluding tert-OH is 1. The normalized spacial score (nSPS) is 13.9. The zero-order chi connectivity index (χ0) is 45.1. The number of hydrogen-bond acceptors (Lipinski definition) is 10. The number of esters is 2. The molecule has 0 spiro atoms. The molecule has 0 bridgehead atoms. The SMILES string of the molecule is CCCCCCCCCOC(=O)CCCCCCCN(CCCCCCCC(=O)OC(CCCCCCCC)CCCCCCCC)CCCNC1=C(NCCOC)C(O)C1=O. The van der Waals surface area contributed by atoms with Crippen LogP contribution in [0.15, 0.2) is 11.4 Å². The maximum atomic E-state index is 12.9. The quantitative estimate of drug-likeness (QED) is 0.0402. The Kier molecular flexibility index (Phi) is 39.9. The highest BCUT2D eigenvalue weighted by molar-refractivity contribution is 6.07. The van der Waals surface area contributed by atoms with Crippen LogP contribution in [0.3, 0.4) is 0 Å². The van der Waals surface area contributed by atoms with Gasteiger partial charge in [-0.15, -0.1) is 0 Å². The number of methoxy groups -OCH3 is 1. The van der Waals surface area contributed by atoms with Crippen molar-refractivity contribution in [1.29, 1.82) is 0 Å². The van der Waals surface area contributed by atoms with Crippen molar-refractivity contribution < 1.29 is 33.7 Å². The summed E-state index contributed by atoms with van der Waals surface area (Å²) >= 11 is 0. The molecule has 62 heavy (non-hydrogen) atoms. The van der Waals surface area contributed by atoms with Crippen LogP contribution in [-0.2, 0) is 28.6 Å². The van der Waals surface area contributed by atoms with E-state index in [1.165, 1.54) is 96.3 Å². The lowest BCUT2D eigenvalue weighted by atomic mass is 9.95. The Morgan fingerprint density at radius 3 is 1.53 bits per heavy atom. The minimum atomic E-state index is -1.07. The number of hydrogen-bond donors (Lipinski definition) is 3. The van der Waals surface area contributed by atoms with Crippen LogP contribution in [0.5, 0.6) is 0 Å². The topological polar surface area (TPSA) is 126 Å². The molecule has 0 saturated heterocycles. The van der Waals surface area contributed by atoms with Crippen molar-refractivity contribution in [3.05, 3.63) is 11.4 Å². The molecule has 0 fully saturated rings. The second-order valence-corrected chi connectivity index (χ2v) is 18.2. The lowest BCUT2D eigenvalue weighted by Crippen LogP contribution is -2.49. The van der Waals surface area contributed by atoms with Crippen molar-refractivity contribution >= 4 is 17.7 Å². The van der Waals surface area contributed by atoms with E-state index in [4.69, 9.17) is 14.2 Å². The van der Waals surface area contributed by atoms with E-state index in [-0.39, 0.29) is 23.8 Å². The summed E-state index contributed by atoms with van der Waals surface area (Å²) in [6.07, 6.45) is 37.5. The fourth-order valence-corrected chi connectivity index (χ4v) is 8.37. The van der Waals surface area contributed by atoms with Crippen LogP contribution < -0.4 is 10.6 Å². The molecule has 1 aliphatic rings. The molecule has 0 heterocycles. The van der Waals surface area contributed by atoms with Gasteiger partial charge in [-0.1, -0.05) is 162 Å². The minimum absolute atomic E-state index is 0.00256. The number of aliphatic hydroxyl groups is 1. The third-order valence-corrected chi connectivity index (χ3v) is 12.4. The number of nitrogens with one attached hydrogen (secondary N) is 2. The molecular weight excluding hydrogens is 779 g/mol. The second-order valence-electron chi connectivity index (χ2n) is 18.2. The molecule has 0 aromatic carbocycles. The van der Waals surface area contributed by atoms with Crippen molar-refractivity contribution in [2.24, 2.45) is 0 Å². The maximum Gasteiger partial charge on any atom is 0.306 e. The van der Waals surface area contributed by atoms with Gasteiger partial charge in [-0.2, -0.15) is 0 Å². The summed E-state index contributed by atoms with van der Waals surface area (Å²) in [5.41, 5.74) is 1.07. The van der Waals surface area contributed by atoms with E-state index < -0.39 is 6.10 Å². The molecule has 0 saturated carbocycles. The van der Waals surface area contributed by atoms with E-state index in [0.29, 0.717) is 50.5 Å². The van der Waals surface area contributed by atoms with Crippen LogP contribution in [0.4, 0.5) is 0 Å². The van der Waals surface area contributed by atoms with Crippen molar-refractivity contribution in [3.8, 4) is 0 Å². The van der Waals surface area contributed by atoms with Gasteiger partial charge in [0.05, 0.1) is 18.9 Å². The summed E-state index contributed by atoms with van der Waals surface area (Å²) in [6, 6.07) is 0. The molecule has 0 aliphatic heterocycles. The number of Topliss-reactive ketones (excluding diaryl/α,β-unsaturated/α-hetero) is 1. The first-order valence-corrected chi connectivity index (χ1v) is 26.4. The first-order chi connectivity index (χ1) is 30.4. The minimum Gasteiger partial charge on any atom is -0.466 e. The Balaban J connectivity index is 2.43. The highest BCUT2D eigenvalue weighted by Gasteiger charge is 2.37. The van der Waals surface area contributed by atoms with Crippen LogP contribution in [-0.4, -0.2) is 93.0 Å². The smallest absolute Gasteiger partial charge is 0.306 e. The summed E-state index contributed by atoms with van der Waals surface area (Å²) in [5, 5.41) is 16.5. The molecule has 3 N–H and O–H groups in total. The number of ether oxygens (including phenoxy) is 3. The number of carbonyl (C=O) groups is 3. The van der Waals surface area contributed by atoms with Gasteiger partial charge in [0.25, 0.3) is 0 Å². The molecule has 1 unspecified atom stereocenters. The number of nitrogens with zero attached hydrogens (tertiary/aromatic N) is 1. The summed E-state index contributed by atoms with van der Waals surface area (Å²) in [6.45, 7) is 12.0. The Labute approximate surface area is 381 Å². The first kappa shape index (κ1) is 57.8. The van der Waals surface area contributed by atoms with Gasteiger partial charge in [-0.25, -0.2) is 0 Å². The van der Waals surface area contributed by atoms with E-state index in [1.807, 2.05) is 0 Å². The van der Waals surface area contributed by atoms with Gasteiger partial charge in [0, 0.05) is 33.0 Å². The number of ketones is 1. The molecule has 0 radical (unpaired) electrons. The molecule has 0 amide bonds. The molecule has 364 valence electrons. The van der Waals surface area contributed by atoms with Crippen LogP contribution >= 0.6 is 0 Å². The fourth-order valence-electron chi connectivity index (χ4n) is 8.37. The van der Waals surface area contributed by atoms with E-state index in [1.54, 1.807) is 7.11 Å². The Bertz CT molecular complexity index is 1090. The van der Waals surface area contributed by atoms with Crippen molar-refractivity contribution in [1.82, 2.24) is 15.5 Å². The molecule has 10 nitrogen and oxygen atoms in total.